The molecular formula is C6H8N2. The molecule has 2 heterocycles. The van der Waals surface area contributed by atoms with Crippen LogP contribution in [0.4, 0.5) is 0 Å². The van der Waals surface area contributed by atoms with Crippen molar-refractivity contribution >= 4 is 0 Å². The van der Waals surface area contributed by atoms with Crippen LogP contribution in [0.15, 0.2) is 0 Å². The van der Waals surface area contributed by atoms with Crippen molar-refractivity contribution in [3.05, 3.63) is 0 Å². The molecule has 4 aliphatic rings. The van der Waals surface area contributed by atoms with Crippen LogP contribution in [0.3, 0.4) is 0 Å². The van der Waals surface area contributed by atoms with E-state index >= 15 is 0 Å². The summed E-state index contributed by atoms with van der Waals surface area (Å²) >= 11 is 0. The molecule has 2 spiro atoms. The lowest BCUT2D eigenvalue weighted by Gasteiger charge is -2.09. The lowest BCUT2D eigenvalue weighted by Crippen LogP contribution is -2.25. The van der Waals surface area contributed by atoms with Gasteiger partial charge in [0.25, 0.3) is 0 Å². The molecular weight excluding hydrogens is 100 g/mol. The second-order valence-corrected chi connectivity index (χ2v) is 3.68. The molecule has 2 unspecified atom stereocenters. The molecule has 0 aromatic rings. The predicted octanol–water partition coefficient (Wildman–Crippen LogP) is -0.881. The minimum atomic E-state index is 0.807. The summed E-state index contributed by atoms with van der Waals surface area (Å²) in [4.78, 5) is 5.02. The van der Waals surface area contributed by atoms with Crippen LogP contribution >= 0.6 is 0 Å². The number of likely N-dealkylation sites (N-methyl/N-ethyl adjacent to an activating group) is 2. The number of piperazine rings is 1. The normalized spacial score (nSPS) is 103. The second-order valence-electron chi connectivity index (χ2n) is 3.68. The van der Waals surface area contributed by atoms with Crippen molar-refractivity contribution in [3.63, 3.8) is 0 Å². The van der Waals surface area contributed by atoms with Gasteiger partial charge in [0.1, 0.15) is 0 Å². The molecule has 4 rings (SSSR count). The van der Waals surface area contributed by atoms with Gasteiger partial charge in [0, 0.05) is 0 Å². The molecule has 0 aromatic heterocycles. The van der Waals surface area contributed by atoms with Crippen LogP contribution in [0, 0.1) is 0 Å². The van der Waals surface area contributed by atoms with Gasteiger partial charge in [0.15, 0.2) is 0 Å². The number of rotatable bonds is 0. The molecule has 0 aromatic carbocycles. The van der Waals surface area contributed by atoms with Gasteiger partial charge in [-0.25, -0.2) is 0 Å². The molecule has 2 saturated heterocycles. The molecule has 42 valence electrons. The highest BCUT2D eigenvalue weighted by Gasteiger charge is 3.24. The summed E-state index contributed by atoms with van der Waals surface area (Å²) in [6.45, 7) is 0. The summed E-state index contributed by atoms with van der Waals surface area (Å²) in [7, 11) is 4.49. The number of likely N-dealkylation sites (tertiary alicyclic amines) is 2. The highest BCUT2D eigenvalue weighted by Crippen LogP contribution is 3.01. The Balaban J connectivity index is 1.92. The molecule has 2 aliphatic heterocycles. The Labute approximate surface area is 48.1 Å². The first-order valence-electron chi connectivity index (χ1n) is 3.26. The molecule has 2 aliphatic carbocycles. The van der Waals surface area contributed by atoms with Gasteiger partial charge in [-0.1, -0.05) is 0 Å². The summed E-state index contributed by atoms with van der Waals surface area (Å²) in [5.41, 5.74) is 1.61. The number of hydrogen-bond donors (Lipinski definition) is 0. The van der Waals surface area contributed by atoms with E-state index in [1.54, 1.807) is 0 Å². The predicted molar refractivity (Wildman–Crippen MR) is 28.6 cm³/mol. The Morgan fingerprint density at radius 3 is 1.50 bits per heavy atom. The Kier molecular flexibility index (Phi) is 0.169. The van der Waals surface area contributed by atoms with Crippen molar-refractivity contribution in [2.45, 2.75) is 23.2 Å². The standard InChI is InChI=1S/C6H8N2/c1-7-3-5(7)4-6(3,5)8(4)2/h3-4H,1-2H3. The molecule has 2 atom stereocenters. The average molecular weight is 108 g/mol. The maximum atomic E-state index is 2.51. The van der Waals surface area contributed by atoms with Crippen LogP contribution in [0.25, 0.3) is 0 Å². The van der Waals surface area contributed by atoms with E-state index in [9.17, 15) is 0 Å². The Hall–Kier alpha value is -0.0800. The summed E-state index contributed by atoms with van der Waals surface area (Å²) in [6.07, 6.45) is 0. The first-order valence-corrected chi connectivity index (χ1v) is 3.26. The summed E-state index contributed by atoms with van der Waals surface area (Å²) in [6, 6.07) is 2.04. The van der Waals surface area contributed by atoms with Crippen LogP contribution in [0.1, 0.15) is 0 Å². The molecule has 0 radical (unpaired) electrons. The fourth-order valence-corrected chi connectivity index (χ4v) is 3.43. The fourth-order valence-electron chi connectivity index (χ4n) is 3.43. The smallest absolute Gasteiger partial charge is 0.0778 e. The zero-order chi connectivity index (χ0) is 5.31. The van der Waals surface area contributed by atoms with E-state index in [1.807, 2.05) is 0 Å². The maximum Gasteiger partial charge on any atom is 0.0778 e. The van der Waals surface area contributed by atoms with Gasteiger partial charge in [-0.15, -0.1) is 0 Å². The minimum absolute atomic E-state index is 0.807. The molecule has 4 fully saturated rings. The van der Waals surface area contributed by atoms with Crippen LogP contribution in [-0.4, -0.2) is 47.1 Å². The van der Waals surface area contributed by atoms with E-state index < -0.39 is 0 Å². The fraction of sp³-hybridized carbons (Fsp3) is 1.00. The Morgan fingerprint density at radius 2 is 1.38 bits per heavy atom. The Bertz CT molecular complexity index is 191. The third-order valence-corrected chi connectivity index (χ3v) is 3.95. The number of nitrogens with zero attached hydrogens (tertiary/aromatic N) is 2. The van der Waals surface area contributed by atoms with Gasteiger partial charge >= 0.3 is 0 Å². The first kappa shape index (κ1) is 3.18. The van der Waals surface area contributed by atoms with Gasteiger partial charge in [-0.3, -0.25) is 9.80 Å². The van der Waals surface area contributed by atoms with Gasteiger partial charge in [-0.05, 0) is 14.1 Å². The van der Waals surface area contributed by atoms with Crippen LogP contribution in [-0.2, 0) is 0 Å². The summed E-state index contributed by atoms with van der Waals surface area (Å²) < 4.78 is 0. The third kappa shape index (κ3) is 0.0710. The van der Waals surface area contributed by atoms with Crippen molar-refractivity contribution in [2.24, 2.45) is 0 Å². The van der Waals surface area contributed by atoms with Crippen molar-refractivity contribution in [2.75, 3.05) is 14.1 Å². The third-order valence-electron chi connectivity index (χ3n) is 3.95. The highest BCUT2D eigenvalue weighted by atomic mass is 15.8. The van der Waals surface area contributed by atoms with Crippen LogP contribution in [0.2, 0.25) is 0 Å². The van der Waals surface area contributed by atoms with Gasteiger partial charge in [-0.2, -0.15) is 0 Å². The summed E-state index contributed by atoms with van der Waals surface area (Å²) in [5.74, 6) is 0. The van der Waals surface area contributed by atoms with E-state index in [-0.39, 0.29) is 0 Å². The largest absolute Gasteiger partial charge is 0.289 e. The van der Waals surface area contributed by atoms with E-state index in [0.717, 1.165) is 23.2 Å². The zero-order valence-corrected chi connectivity index (χ0v) is 5.05. The van der Waals surface area contributed by atoms with Crippen molar-refractivity contribution in [3.8, 4) is 0 Å². The van der Waals surface area contributed by atoms with Crippen molar-refractivity contribution < 1.29 is 0 Å². The molecule has 0 bridgehead atoms. The molecule has 8 heavy (non-hydrogen) atoms. The molecule has 2 heteroatoms. The highest BCUT2D eigenvalue weighted by molar-refractivity contribution is 5.83. The van der Waals surface area contributed by atoms with Gasteiger partial charge in [0.05, 0.1) is 23.2 Å². The minimum Gasteiger partial charge on any atom is -0.289 e. The molecule has 0 N–H and O–H groups in total. The van der Waals surface area contributed by atoms with Crippen LogP contribution < -0.4 is 0 Å². The molecule has 2 saturated carbocycles. The molecule has 2 nitrogen and oxygen atoms in total. The SMILES string of the molecule is CN1C2C13C1N(C)C213. The van der Waals surface area contributed by atoms with Crippen LogP contribution in [0.5, 0.6) is 0 Å². The van der Waals surface area contributed by atoms with E-state index in [2.05, 4.69) is 23.9 Å². The van der Waals surface area contributed by atoms with Gasteiger partial charge < -0.3 is 0 Å². The van der Waals surface area contributed by atoms with Crippen molar-refractivity contribution in [1.82, 2.24) is 9.80 Å². The van der Waals surface area contributed by atoms with E-state index in [4.69, 9.17) is 0 Å². The van der Waals surface area contributed by atoms with E-state index in [0.29, 0.717) is 0 Å². The summed E-state index contributed by atoms with van der Waals surface area (Å²) in [5, 5.41) is 0. The van der Waals surface area contributed by atoms with Gasteiger partial charge in [0.2, 0.25) is 0 Å². The maximum absolute atomic E-state index is 2.51. The molecule has 0 amide bonds. The lowest BCUT2D eigenvalue weighted by atomic mass is 10.4. The number of hydrogen-bond acceptors (Lipinski definition) is 2. The zero-order valence-electron chi connectivity index (χ0n) is 5.05. The topological polar surface area (TPSA) is 6.02 Å². The monoisotopic (exact) mass is 108 g/mol. The van der Waals surface area contributed by atoms with E-state index in [1.165, 1.54) is 0 Å². The Morgan fingerprint density at radius 1 is 1.00 bits per heavy atom. The average Bonchev–Trinajstić information content (AvgIpc) is 2.45. The van der Waals surface area contributed by atoms with Crippen molar-refractivity contribution in [1.29, 1.82) is 0 Å². The lowest BCUT2D eigenvalue weighted by molar-refractivity contribution is 0.313. The first-order chi connectivity index (χ1) is 3.80. The second kappa shape index (κ2) is 0.424. The quantitative estimate of drug-likeness (QED) is 0.372.